The number of hydrogen-bond donors (Lipinski definition) is 0. The molecule has 0 aliphatic carbocycles. The molecule has 2 rings (SSSR count). The fraction of sp³-hybridized carbons (Fsp3) is 0.200. The van der Waals surface area contributed by atoms with Gasteiger partial charge in [0.05, 0.1) is 6.54 Å². The van der Waals surface area contributed by atoms with E-state index < -0.39 is 0 Å². The monoisotopic (exact) mass is 202 g/mol. The van der Waals surface area contributed by atoms with Crippen molar-refractivity contribution in [3.8, 4) is 0 Å². The molecule has 0 saturated heterocycles. The predicted molar refractivity (Wildman–Crippen MR) is 53.4 cm³/mol. The summed E-state index contributed by atoms with van der Waals surface area (Å²) < 4.78 is 1.50. The summed E-state index contributed by atoms with van der Waals surface area (Å²) in [6, 6.07) is 9.74. The Kier molecular flexibility index (Phi) is 2.53. The molecule has 0 atom stereocenters. The number of carbonyl (C=O) groups is 1. The number of tetrazole rings is 1. The van der Waals surface area contributed by atoms with E-state index in [2.05, 4.69) is 15.5 Å². The lowest BCUT2D eigenvalue weighted by atomic mass is 10.2. The minimum atomic E-state index is -0.129. The van der Waals surface area contributed by atoms with Crippen molar-refractivity contribution < 1.29 is 4.79 Å². The molecule has 0 aliphatic heterocycles. The van der Waals surface area contributed by atoms with Crippen LogP contribution in [0, 0.1) is 0 Å². The molecule has 5 heteroatoms. The van der Waals surface area contributed by atoms with E-state index in [1.165, 1.54) is 11.6 Å². The average molecular weight is 202 g/mol. The fourth-order valence-corrected chi connectivity index (χ4v) is 1.32. The highest BCUT2D eigenvalue weighted by atomic mass is 16.1. The molecule has 1 aromatic carbocycles. The van der Waals surface area contributed by atoms with Gasteiger partial charge in [-0.15, -0.1) is 5.10 Å². The van der Waals surface area contributed by atoms with Gasteiger partial charge < -0.3 is 0 Å². The van der Waals surface area contributed by atoms with Gasteiger partial charge in [0.15, 0.2) is 5.78 Å². The van der Waals surface area contributed by atoms with Crippen molar-refractivity contribution in [2.45, 2.75) is 13.5 Å². The zero-order valence-electron chi connectivity index (χ0n) is 8.29. The smallest absolute Gasteiger partial charge is 0.218 e. The molecule has 0 unspecified atom stereocenters. The van der Waals surface area contributed by atoms with Gasteiger partial charge in [0, 0.05) is 6.92 Å². The highest BCUT2D eigenvalue weighted by molar-refractivity contribution is 5.90. The molecule has 15 heavy (non-hydrogen) atoms. The molecule has 5 nitrogen and oxygen atoms in total. The molecule has 76 valence electrons. The Morgan fingerprint density at radius 1 is 1.33 bits per heavy atom. The van der Waals surface area contributed by atoms with Crippen molar-refractivity contribution in [2.24, 2.45) is 0 Å². The third-order valence-corrected chi connectivity index (χ3v) is 2.02. The third kappa shape index (κ3) is 2.07. The zero-order chi connectivity index (χ0) is 10.7. The second kappa shape index (κ2) is 4.00. The number of rotatable bonds is 3. The number of hydrogen-bond acceptors (Lipinski definition) is 4. The lowest BCUT2D eigenvalue weighted by molar-refractivity contribution is 0.0998. The van der Waals surface area contributed by atoms with Gasteiger partial charge in [0.2, 0.25) is 5.82 Å². The van der Waals surface area contributed by atoms with Crippen LogP contribution in [0.3, 0.4) is 0 Å². The van der Waals surface area contributed by atoms with Gasteiger partial charge in [-0.1, -0.05) is 30.3 Å². The summed E-state index contributed by atoms with van der Waals surface area (Å²) in [5.41, 5.74) is 1.06. The molecule has 0 aliphatic rings. The zero-order valence-corrected chi connectivity index (χ0v) is 8.29. The van der Waals surface area contributed by atoms with Crippen molar-refractivity contribution in [2.75, 3.05) is 0 Å². The number of aromatic nitrogens is 4. The van der Waals surface area contributed by atoms with E-state index in [-0.39, 0.29) is 5.78 Å². The van der Waals surface area contributed by atoms with Gasteiger partial charge in [-0.2, -0.15) is 0 Å². The molecular formula is C10H10N4O. The van der Waals surface area contributed by atoms with Gasteiger partial charge in [-0.05, 0) is 16.0 Å². The standard InChI is InChI=1S/C10H10N4O/c1-8(15)10-11-12-13-14(10)7-9-5-3-2-4-6-9/h2-6H,7H2,1H3. The Balaban J connectivity index is 2.25. The van der Waals surface area contributed by atoms with Crippen LogP contribution in [0.1, 0.15) is 23.1 Å². The van der Waals surface area contributed by atoms with Gasteiger partial charge >= 0.3 is 0 Å². The first kappa shape index (κ1) is 9.51. The van der Waals surface area contributed by atoms with Crippen LogP contribution in [0.5, 0.6) is 0 Å². The first-order chi connectivity index (χ1) is 7.27. The van der Waals surface area contributed by atoms with Crippen LogP contribution < -0.4 is 0 Å². The van der Waals surface area contributed by atoms with Crippen LogP contribution in [-0.2, 0) is 6.54 Å². The molecule has 0 N–H and O–H groups in total. The molecule has 1 heterocycles. The van der Waals surface area contributed by atoms with Crippen molar-refractivity contribution >= 4 is 5.78 Å². The fourth-order valence-electron chi connectivity index (χ4n) is 1.32. The molecular weight excluding hydrogens is 192 g/mol. The minimum absolute atomic E-state index is 0.129. The third-order valence-electron chi connectivity index (χ3n) is 2.02. The molecule has 0 bridgehead atoms. The lowest BCUT2D eigenvalue weighted by Crippen LogP contribution is -2.10. The maximum Gasteiger partial charge on any atom is 0.218 e. The first-order valence-corrected chi connectivity index (χ1v) is 4.58. The van der Waals surface area contributed by atoms with Crippen LogP contribution in [0.4, 0.5) is 0 Å². The van der Waals surface area contributed by atoms with E-state index in [1.54, 1.807) is 0 Å². The van der Waals surface area contributed by atoms with E-state index in [0.29, 0.717) is 12.4 Å². The van der Waals surface area contributed by atoms with Crippen LogP contribution in [0.2, 0.25) is 0 Å². The van der Waals surface area contributed by atoms with Gasteiger partial charge in [-0.3, -0.25) is 4.79 Å². The Morgan fingerprint density at radius 2 is 2.07 bits per heavy atom. The average Bonchev–Trinajstić information content (AvgIpc) is 2.67. The maximum atomic E-state index is 11.2. The van der Waals surface area contributed by atoms with Crippen LogP contribution >= 0.6 is 0 Å². The number of benzene rings is 1. The van der Waals surface area contributed by atoms with Gasteiger partial charge in [0.25, 0.3) is 0 Å². The van der Waals surface area contributed by atoms with Crippen LogP contribution in [0.25, 0.3) is 0 Å². The van der Waals surface area contributed by atoms with E-state index in [9.17, 15) is 4.79 Å². The molecule has 1 aromatic heterocycles. The molecule has 0 saturated carbocycles. The van der Waals surface area contributed by atoms with E-state index in [1.807, 2.05) is 30.3 Å². The summed E-state index contributed by atoms with van der Waals surface area (Å²) in [4.78, 5) is 11.2. The lowest BCUT2D eigenvalue weighted by Gasteiger charge is -2.01. The second-order valence-corrected chi connectivity index (χ2v) is 3.20. The largest absolute Gasteiger partial charge is 0.291 e. The predicted octanol–water partition coefficient (Wildman–Crippen LogP) is 0.924. The molecule has 2 aromatic rings. The summed E-state index contributed by atoms with van der Waals surface area (Å²) in [7, 11) is 0. The van der Waals surface area contributed by atoms with E-state index in [4.69, 9.17) is 0 Å². The molecule has 0 amide bonds. The number of carbonyl (C=O) groups excluding carboxylic acids is 1. The summed E-state index contributed by atoms with van der Waals surface area (Å²) in [5.74, 6) is 0.162. The van der Waals surface area contributed by atoms with Crippen molar-refractivity contribution in [1.82, 2.24) is 20.2 Å². The summed E-state index contributed by atoms with van der Waals surface area (Å²) in [6.45, 7) is 1.97. The minimum Gasteiger partial charge on any atom is -0.291 e. The molecule has 0 spiro atoms. The first-order valence-electron chi connectivity index (χ1n) is 4.58. The quantitative estimate of drug-likeness (QED) is 0.694. The molecule has 0 radical (unpaired) electrons. The van der Waals surface area contributed by atoms with Crippen LogP contribution in [0.15, 0.2) is 30.3 Å². The van der Waals surface area contributed by atoms with E-state index >= 15 is 0 Å². The Morgan fingerprint density at radius 3 is 2.73 bits per heavy atom. The number of Topliss-reactive ketones (excluding diaryl/α,β-unsaturated/α-hetero) is 1. The summed E-state index contributed by atoms with van der Waals surface area (Å²) >= 11 is 0. The van der Waals surface area contributed by atoms with Crippen molar-refractivity contribution in [3.63, 3.8) is 0 Å². The topological polar surface area (TPSA) is 60.7 Å². The Labute approximate surface area is 86.7 Å². The Bertz CT molecular complexity index is 463. The van der Waals surface area contributed by atoms with Gasteiger partial charge in [-0.25, -0.2) is 4.68 Å². The maximum absolute atomic E-state index is 11.2. The SMILES string of the molecule is CC(=O)c1nnnn1Cc1ccccc1. The van der Waals surface area contributed by atoms with Crippen molar-refractivity contribution in [3.05, 3.63) is 41.7 Å². The number of ketones is 1. The summed E-state index contributed by atoms with van der Waals surface area (Å²) in [6.07, 6.45) is 0. The van der Waals surface area contributed by atoms with E-state index in [0.717, 1.165) is 5.56 Å². The summed E-state index contributed by atoms with van der Waals surface area (Å²) in [5, 5.41) is 10.9. The van der Waals surface area contributed by atoms with Crippen molar-refractivity contribution in [1.29, 1.82) is 0 Å². The second-order valence-electron chi connectivity index (χ2n) is 3.20. The molecule has 0 fully saturated rings. The highest BCUT2D eigenvalue weighted by Crippen LogP contribution is 2.02. The van der Waals surface area contributed by atoms with Gasteiger partial charge in [0.1, 0.15) is 0 Å². The van der Waals surface area contributed by atoms with Crippen LogP contribution in [-0.4, -0.2) is 26.0 Å². The number of nitrogens with zero attached hydrogens (tertiary/aromatic N) is 4. The Hall–Kier alpha value is -2.04. The highest BCUT2D eigenvalue weighted by Gasteiger charge is 2.10. The normalized spacial score (nSPS) is 10.2.